The molecule has 0 aliphatic carbocycles. The van der Waals surface area contributed by atoms with Crippen molar-refractivity contribution in [1.82, 2.24) is 0 Å². The van der Waals surface area contributed by atoms with Crippen molar-refractivity contribution in [2.75, 3.05) is 0 Å². The minimum absolute atomic E-state index is 0.206. The van der Waals surface area contributed by atoms with Crippen LogP contribution in [0.15, 0.2) is 22.7 Å². The second-order valence-corrected chi connectivity index (χ2v) is 3.62. The number of hydrogen-bond donors (Lipinski definition) is 0. The SMILES string of the molecule is CCC(C#N)c1ccc(Br)c(F)c1. The summed E-state index contributed by atoms with van der Waals surface area (Å²) >= 11 is 3.06. The maximum atomic E-state index is 13.1. The van der Waals surface area contributed by atoms with Gasteiger partial charge in [0.2, 0.25) is 0 Å². The number of nitrogens with zero attached hydrogens (tertiary/aromatic N) is 1. The molecule has 1 aromatic carbocycles. The first kappa shape index (κ1) is 10.2. The number of rotatable bonds is 2. The van der Waals surface area contributed by atoms with Crippen LogP contribution in [0.4, 0.5) is 4.39 Å². The molecule has 0 N–H and O–H groups in total. The summed E-state index contributed by atoms with van der Waals surface area (Å²) in [6.45, 7) is 1.91. The molecule has 1 rings (SSSR count). The predicted molar refractivity (Wildman–Crippen MR) is 52.7 cm³/mol. The predicted octanol–water partition coefficient (Wildman–Crippen LogP) is 3.61. The number of benzene rings is 1. The van der Waals surface area contributed by atoms with Gasteiger partial charge in [-0.1, -0.05) is 13.0 Å². The maximum Gasteiger partial charge on any atom is 0.137 e. The lowest BCUT2D eigenvalue weighted by Crippen LogP contribution is -1.94. The van der Waals surface area contributed by atoms with Crippen LogP contribution in [0.2, 0.25) is 0 Å². The van der Waals surface area contributed by atoms with Crippen molar-refractivity contribution in [3.05, 3.63) is 34.1 Å². The van der Waals surface area contributed by atoms with Crippen LogP contribution in [0, 0.1) is 17.1 Å². The molecular formula is C10H9BrFN. The van der Waals surface area contributed by atoms with Gasteiger partial charge in [0.15, 0.2) is 0 Å². The highest BCUT2D eigenvalue weighted by Crippen LogP contribution is 2.23. The summed E-state index contributed by atoms with van der Waals surface area (Å²) in [5.74, 6) is -0.520. The van der Waals surface area contributed by atoms with E-state index >= 15 is 0 Å². The maximum absolute atomic E-state index is 13.1. The third-order valence-corrected chi connectivity index (χ3v) is 2.55. The molecule has 1 nitrogen and oxygen atoms in total. The van der Waals surface area contributed by atoms with Crippen molar-refractivity contribution in [3.8, 4) is 6.07 Å². The zero-order valence-corrected chi connectivity index (χ0v) is 8.81. The summed E-state index contributed by atoms with van der Waals surface area (Å²) in [6.07, 6.45) is 0.706. The summed E-state index contributed by atoms with van der Waals surface area (Å²) in [5.41, 5.74) is 0.741. The van der Waals surface area contributed by atoms with Gasteiger partial charge in [-0.3, -0.25) is 0 Å². The van der Waals surface area contributed by atoms with Crippen molar-refractivity contribution < 1.29 is 4.39 Å². The molecule has 0 aromatic heterocycles. The standard InChI is InChI=1S/C10H9BrFN/c1-2-7(6-13)8-3-4-9(11)10(12)5-8/h3-5,7H,2H2,1H3. The molecule has 3 heteroatoms. The first-order valence-electron chi connectivity index (χ1n) is 4.03. The van der Waals surface area contributed by atoms with E-state index in [0.717, 1.165) is 5.56 Å². The molecule has 0 radical (unpaired) electrons. The summed E-state index contributed by atoms with van der Waals surface area (Å²) in [5, 5.41) is 8.76. The Morgan fingerprint density at radius 1 is 1.62 bits per heavy atom. The first-order valence-corrected chi connectivity index (χ1v) is 4.83. The minimum Gasteiger partial charge on any atom is -0.206 e. The zero-order valence-electron chi connectivity index (χ0n) is 7.22. The Morgan fingerprint density at radius 2 is 2.31 bits per heavy atom. The van der Waals surface area contributed by atoms with Crippen LogP contribution in [0.1, 0.15) is 24.8 Å². The Morgan fingerprint density at radius 3 is 2.77 bits per heavy atom. The second-order valence-electron chi connectivity index (χ2n) is 2.76. The lowest BCUT2D eigenvalue weighted by atomic mass is 9.98. The van der Waals surface area contributed by atoms with E-state index in [9.17, 15) is 4.39 Å². The molecule has 0 bridgehead atoms. The molecule has 1 unspecified atom stereocenters. The first-order chi connectivity index (χ1) is 6.19. The molecule has 13 heavy (non-hydrogen) atoms. The third kappa shape index (κ3) is 2.28. The fourth-order valence-electron chi connectivity index (χ4n) is 1.13. The molecule has 1 atom stereocenters. The van der Waals surface area contributed by atoms with Crippen molar-refractivity contribution in [1.29, 1.82) is 5.26 Å². The molecule has 0 aliphatic heterocycles. The second kappa shape index (κ2) is 4.38. The van der Waals surface area contributed by atoms with E-state index < -0.39 is 0 Å². The van der Waals surface area contributed by atoms with Gasteiger partial charge in [-0.15, -0.1) is 0 Å². The quantitative estimate of drug-likeness (QED) is 0.777. The summed E-state index contributed by atoms with van der Waals surface area (Å²) < 4.78 is 13.5. The number of hydrogen-bond acceptors (Lipinski definition) is 1. The molecule has 1 aromatic rings. The normalized spacial score (nSPS) is 12.2. The van der Waals surface area contributed by atoms with Crippen molar-refractivity contribution in [3.63, 3.8) is 0 Å². The van der Waals surface area contributed by atoms with Crippen molar-refractivity contribution in [2.24, 2.45) is 0 Å². The smallest absolute Gasteiger partial charge is 0.137 e. The van der Waals surface area contributed by atoms with E-state index in [1.807, 2.05) is 6.92 Å². The van der Waals surface area contributed by atoms with Crippen LogP contribution in [-0.2, 0) is 0 Å². The highest BCUT2D eigenvalue weighted by molar-refractivity contribution is 9.10. The average Bonchev–Trinajstić information content (AvgIpc) is 2.13. The molecule has 0 saturated heterocycles. The third-order valence-electron chi connectivity index (χ3n) is 1.91. The van der Waals surface area contributed by atoms with E-state index in [2.05, 4.69) is 22.0 Å². The van der Waals surface area contributed by atoms with Crippen LogP contribution < -0.4 is 0 Å². The molecule has 0 aliphatic rings. The van der Waals surface area contributed by atoms with E-state index in [0.29, 0.717) is 10.9 Å². The Balaban J connectivity index is 3.04. The summed E-state index contributed by atoms with van der Waals surface area (Å²) in [4.78, 5) is 0. The van der Waals surface area contributed by atoms with Gasteiger partial charge in [-0.05, 0) is 40.0 Å². The number of halogens is 2. The van der Waals surface area contributed by atoms with Crippen LogP contribution in [0.25, 0.3) is 0 Å². The molecule has 0 saturated carbocycles. The monoisotopic (exact) mass is 241 g/mol. The minimum atomic E-state index is -0.314. The van der Waals surface area contributed by atoms with Crippen LogP contribution in [0.5, 0.6) is 0 Å². The van der Waals surface area contributed by atoms with Crippen molar-refractivity contribution >= 4 is 15.9 Å². The van der Waals surface area contributed by atoms with Crippen molar-refractivity contribution in [2.45, 2.75) is 19.3 Å². The summed E-state index contributed by atoms with van der Waals surface area (Å²) in [7, 11) is 0. The lowest BCUT2D eigenvalue weighted by molar-refractivity contribution is 0.616. The van der Waals surface area contributed by atoms with Gasteiger partial charge in [0.1, 0.15) is 5.82 Å². The van der Waals surface area contributed by atoms with Gasteiger partial charge in [-0.25, -0.2) is 4.39 Å². The van der Waals surface area contributed by atoms with Gasteiger partial charge < -0.3 is 0 Å². The Kier molecular flexibility index (Phi) is 3.44. The van der Waals surface area contributed by atoms with Gasteiger partial charge in [0.25, 0.3) is 0 Å². The Labute approximate surface area is 85.3 Å². The molecule has 0 heterocycles. The van der Waals surface area contributed by atoms with Gasteiger partial charge in [-0.2, -0.15) is 5.26 Å². The van der Waals surface area contributed by atoms with Gasteiger partial charge in [0.05, 0.1) is 16.5 Å². The zero-order chi connectivity index (χ0) is 9.84. The van der Waals surface area contributed by atoms with Crippen LogP contribution in [0.3, 0.4) is 0 Å². The van der Waals surface area contributed by atoms with Crippen LogP contribution in [-0.4, -0.2) is 0 Å². The Bertz CT molecular complexity index is 343. The van der Waals surface area contributed by atoms with E-state index in [1.165, 1.54) is 6.07 Å². The molecule has 0 amide bonds. The topological polar surface area (TPSA) is 23.8 Å². The molecule has 68 valence electrons. The lowest BCUT2D eigenvalue weighted by Gasteiger charge is -2.06. The van der Waals surface area contributed by atoms with Crippen LogP contribution >= 0.6 is 15.9 Å². The molecule has 0 fully saturated rings. The van der Waals surface area contributed by atoms with E-state index in [-0.39, 0.29) is 11.7 Å². The number of nitriles is 1. The molecular weight excluding hydrogens is 233 g/mol. The van der Waals surface area contributed by atoms with E-state index in [1.54, 1.807) is 12.1 Å². The fraction of sp³-hybridized carbons (Fsp3) is 0.300. The van der Waals surface area contributed by atoms with Gasteiger partial charge in [0, 0.05) is 0 Å². The molecule has 0 spiro atoms. The highest BCUT2D eigenvalue weighted by atomic mass is 79.9. The average molecular weight is 242 g/mol. The fourth-order valence-corrected chi connectivity index (χ4v) is 1.38. The van der Waals surface area contributed by atoms with E-state index in [4.69, 9.17) is 5.26 Å². The Hall–Kier alpha value is -0.880. The summed E-state index contributed by atoms with van der Waals surface area (Å²) in [6, 6.07) is 6.93. The highest BCUT2D eigenvalue weighted by Gasteiger charge is 2.09. The largest absolute Gasteiger partial charge is 0.206 e. The van der Waals surface area contributed by atoms with Gasteiger partial charge >= 0.3 is 0 Å².